The minimum Gasteiger partial charge on any atom is -0.462 e. The van der Waals surface area contributed by atoms with Gasteiger partial charge in [-0.1, -0.05) is 0 Å². The molecule has 1 aliphatic heterocycles. The molecule has 2 aromatic rings. The van der Waals surface area contributed by atoms with Crippen molar-refractivity contribution in [1.82, 2.24) is 0 Å². The number of carbonyl (C=O) groups excluding carboxylic acids is 4. The molecule has 0 aromatic heterocycles. The summed E-state index contributed by atoms with van der Waals surface area (Å²) >= 11 is 0. The van der Waals surface area contributed by atoms with Crippen LogP contribution in [0.4, 0.5) is 11.4 Å². The highest BCUT2D eigenvalue weighted by Gasteiger charge is 2.39. The van der Waals surface area contributed by atoms with E-state index in [-0.39, 0.29) is 49.4 Å². The Balaban J connectivity index is 1.57. The van der Waals surface area contributed by atoms with Crippen LogP contribution in [-0.4, -0.2) is 56.9 Å². The predicted molar refractivity (Wildman–Crippen MR) is 137 cm³/mol. The molecule has 1 saturated heterocycles. The fourth-order valence-electron chi connectivity index (χ4n) is 4.15. The first-order valence-electron chi connectivity index (χ1n) is 11.9. The number of ether oxygens (including phenoxy) is 2. The lowest BCUT2D eigenvalue weighted by atomic mass is 9.89. The van der Waals surface area contributed by atoms with E-state index in [1.807, 2.05) is 0 Å². The molecule has 37 heavy (non-hydrogen) atoms. The Kier molecular flexibility index (Phi) is 9.40. The van der Waals surface area contributed by atoms with Crippen LogP contribution in [-0.2, 0) is 28.9 Å². The normalized spacial score (nSPS) is 18.0. The Bertz CT molecular complexity index is 1150. The Morgan fingerprint density at radius 2 is 1.05 bits per heavy atom. The highest BCUT2D eigenvalue weighted by molar-refractivity contribution is 7.91. The summed E-state index contributed by atoms with van der Waals surface area (Å²) in [7, 11) is -3.39. The lowest BCUT2D eigenvalue weighted by molar-refractivity contribution is -0.119. The van der Waals surface area contributed by atoms with Crippen LogP contribution in [0.1, 0.15) is 47.4 Å². The maximum Gasteiger partial charge on any atom is 0.338 e. The van der Waals surface area contributed by atoms with Crippen LogP contribution in [0.3, 0.4) is 0 Å². The first-order chi connectivity index (χ1) is 17.6. The summed E-state index contributed by atoms with van der Waals surface area (Å²) in [4.78, 5) is 48.8. The number of hydrogen-bond donors (Lipinski definition) is 2. The van der Waals surface area contributed by atoms with Crippen molar-refractivity contribution in [2.45, 2.75) is 26.7 Å². The van der Waals surface area contributed by atoms with E-state index in [2.05, 4.69) is 10.6 Å². The summed E-state index contributed by atoms with van der Waals surface area (Å²) in [6.45, 7) is 3.92. The molecule has 11 heteroatoms. The third-order valence-corrected chi connectivity index (χ3v) is 7.73. The van der Waals surface area contributed by atoms with E-state index < -0.39 is 33.6 Å². The van der Waals surface area contributed by atoms with Crippen LogP contribution in [0.5, 0.6) is 0 Å². The first-order valence-corrected chi connectivity index (χ1v) is 13.8. The summed E-state index contributed by atoms with van der Waals surface area (Å²) in [5.74, 6) is -3.07. The van der Waals surface area contributed by atoms with E-state index in [0.717, 1.165) is 0 Å². The van der Waals surface area contributed by atoms with Crippen molar-refractivity contribution in [3.63, 3.8) is 0 Å². The zero-order valence-electron chi connectivity index (χ0n) is 20.7. The molecule has 0 aliphatic carbocycles. The molecule has 0 radical (unpaired) electrons. The first kappa shape index (κ1) is 27.9. The van der Waals surface area contributed by atoms with E-state index in [1.165, 1.54) is 24.3 Å². The Morgan fingerprint density at radius 3 is 1.38 bits per heavy atom. The van der Waals surface area contributed by atoms with E-state index in [9.17, 15) is 27.6 Å². The standard InChI is InChI=1S/C26H30N2O8S/c1-3-35-25(31)17-5-9-21(10-6-17)27-23(29)13-19-15-37(33,34)16-20(19)14-24(30)28-22-11-7-18(8-12-22)26(32)36-4-2/h5-12,19-20H,3-4,13-16H2,1-2H3,(H,27,29)(H,28,30). The van der Waals surface area contributed by atoms with Gasteiger partial charge in [0.1, 0.15) is 0 Å². The summed E-state index contributed by atoms with van der Waals surface area (Å²) in [6, 6.07) is 12.4. The average Bonchev–Trinajstić information content (AvgIpc) is 3.12. The molecule has 1 aliphatic rings. The molecule has 3 rings (SSSR count). The van der Waals surface area contributed by atoms with Crippen molar-refractivity contribution in [2.24, 2.45) is 11.8 Å². The zero-order valence-corrected chi connectivity index (χ0v) is 21.5. The molecular weight excluding hydrogens is 500 g/mol. The topological polar surface area (TPSA) is 145 Å². The monoisotopic (exact) mass is 530 g/mol. The van der Waals surface area contributed by atoms with Gasteiger partial charge >= 0.3 is 11.9 Å². The predicted octanol–water partition coefficient (Wildman–Crippen LogP) is 3.06. The fraction of sp³-hybridized carbons (Fsp3) is 0.385. The third-order valence-electron chi connectivity index (χ3n) is 5.86. The van der Waals surface area contributed by atoms with E-state index in [1.54, 1.807) is 38.1 Å². The fourth-order valence-corrected chi connectivity index (χ4v) is 6.37. The van der Waals surface area contributed by atoms with Gasteiger partial charge in [0.15, 0.2) is 9.84 Å². The van der Waals surface area contributed by atoms with Gasteiger partial charge in [-0.25, -0.2) is 18.0 Å². The molecule has 0 bridgehead atoms. The van der Waals surface area contributed by atoms with Crippen LogP contribution < -0.4 is 10.6 Å². The van der Waals surface area contributed by atoms with Crippen molar-refractivity contribution in [3.8, 4) is 0 Å². The molecule has 1 fully saturated rings. The van der Waals surface area contributed by atoms with Gasteiger partial charge in [-0.15, -0.1) is 0 Å². The lowest BCUT2D eigenvalue weighted by Gasteiger charge is -2.17. The number of carbonyl (C=O) groups is 4. The molecule has 2 amide bonds. The number of esters is 2. The van der Waals surface area contributed by atoms with E-state index >= 15 is 0 Å². The largest absolute Gasteiger partial charge is 0.462 e. The molecular formula is C26H30N2O8S. The van der Waals surface area contributed by atoms with Crippen LogP contribution >= 0.6 is 0 Å². The van der Waals surface area contributed by atoms with Gasteiger partial charge in [-0.2, -0.15) is 0 Å². The van der Waals surface area contributed by atoms with Crippen molar-refractivity contribution < 1.29 is 37.1 Å². The van der Waals surface area contributed by atoms with Gasteiger partial charge in [0.2, 0.25) is 11.8 Å². The number of amides is 2. The van der Waals surface area contributed by atoms with Crippen molar-refractivity contribution >= 4 is 45.0 Å². The van der Waals surface area contributed by atoms with Crippen molar-refractivity contribution in [1.29, 1.82) is 0 Å². The maximum absolute atomic E-state index is 12.6. The average molecular weight is 531 g/mol. The number of hydrogen-bond acceptors (Lipinski definition) is 8. The Hall–Kier alpha value is -3.73. The molecule has 2 unspecified atom stereocenters. The lowest BCUT2D eigenvalue weighted by Crippen LogP contribution is -2.25. The quantitative estimate of drug-likeness (QED) is 0.446. The summed E-state index contributed by atoms with van der Waals surface area (Å²) in [6.07, 6.45) is -0.129. The van der Waals surface area contributed by atoms with Gasteiger partial charge < -0.3 is 20.1 Å². The summed E-state index contributed by atoms with van der Waals surface area (Å²) in [5, 5.41) is 5.41. The zero-order chi connectivity index (χ0) is 27.0. The number of nitrogens with one attached hydrogen (secondary N) is 2. The van der Waals surface area contributed by atoms with Crippen LogP contribution in [0.25, 0.3) is 0 Å². The Morgan fingerprint density at radius 1 is 0.703 bits per heavy atom. The number of sulfone groups is 1. The van der Waals surface area contributed by atoms with Gasteiger partial charge in [-0.05, 0) is 74.2 Å². The second-order valence-corrected chi connectivity index (χ2v) is 10.9. The van der Waals surface area contributed by atoms with Crippen molar-refractivity contribution in [2.75, 3.05) is 35.4 Å². The highest BCUT2D eigenvalue weighted by Crippen LogP contribution is 2.31. The summed E-state index contributed by atoms with van der Waals surface area (Å²) < 4.78 is 34.4. The molecule has 10 nitrogen and oxygen atoms in total. The molecule has 0 saturated carbocycles. The van der Waals surface area contributed by atoms with Gasteiger partial charge in [0.05, 0.1) is 35.8 Å². The van der Waals surface area contributed by atoms with Crippen LogP contribution in [0.15, 0.2) is 48.5 Å². The van der Waals surface area contributed by atoms with Crippen LogP contribution in [0, 0.1) is 11.8 Å². The number of rotatable bonds is 10. The molecule has 0 spiro atoms. The minimum absolute atomic E-state index is 0.0644. The van der Waals surface area contributed by atoms with Crippen molar-refractivity contribution in [3.05, 3.63) is 59.7 Å². The Labute approximate surface area is 215 Å². The van der Waals surface area contributed by atoms with Gasteiger partial charge in [-0.3, -0.25) is 9.59 Å². The third kappa shape index (κ3) is 8.14. The molecule has 2 aromatic carbocycles. The van der Waals surface area contributed by atoms with Crippen LogP contribution in [0.2, 0.25) is 0 Å². The molecule has 2 N–H and O–H groups in total. The molecule has 1 heterocycles. The second kappa shape index (κ2) is 12.5. The molecule has 2 atom stereocenters. The van der Waals surface area contributed by atoms with Gasteiger partial charge in [0.25, 0.3) is 0 Å². The second-order valence-electron chi connectivity index (χ2n) is 8.70. The minimum atomic E-state index is -3.39. The molecule has 198 valence electrons. The van der Waals surface area contributed by atoms with E-state index in [0.29, 0.717) is 22.5 Å². The SMILES string of the molecule is CCOC(=O)c1ccc(NC(=O)CC2CS(=O)(=O)CC2CC(=O)Nc2ccc(C(=O)OCC)cc2)cc1. The van der Waals surface area contributed by atoms with Gasteiger partial charge in [0, 0.05) is 24.2 Å². The maximum atomic E-state index is 12.6. The number of anilines is 2. The smallest absolute Gasteiger partial charge is 0.338 e. The van der Waals surface area contributed by atoms with E-state index in [4.69, 9.17) is 9.47 Å². The summed E-state index contributed by atoms with van der Waals surface area (Å²) in [5.41, 5.74) is 1.62. The highest BCUT2D eigenvalue weighted by atomic mass is 32.2. The number of benzene rings is 2.